The molecule has 0 saturated heterocycles. The van der Waals surface area contributed by atoms with E-state index in [2.05, 4.69) is 17.2 Å². The molecule has 1 atom stereocenters. The minimum absolute atomic E-state index is 0.421. The van der Waals surface area contributed by atoms with E-state index in [4.69, 9.17) is 4.74 Å². The third-order valence-corrected chi connectivity index (χ3v) is 3.93. The first-order valence-electron chi connectivity index (χ1n) is 7.58. The molecular formula is C16H26N2O. The van der Waals surface area contributed by atoms with Gasteiger partial charge in [-0.1, -0.05) is 18.9 Å². The summed E-state index contributed by atoms with van der Waals surface area (Å²) in [7, 11) is 0. The van der Waals surface area contributed by atoms with Crippen molar-refractivity contribution in [2.24, 2.45) is 5.92 Å². The zero-order valence-corrected chi connectivity index (χ0v) is 12.2. The fourth-order valence-corrected chi connectivity index (χ4v) is 2.98. The molecule has 3 nitrogen and oxygen atoms in total. The number of rotatable bonds is 7. The summed E-state index contributed by atoms with van der Waals surface area (Å²) in [5, 5.41) is 3.41. The number of aromatic nitrogens is 1. The van der Waals surface area contributed by atoms with Gasteiger partial charge >= 0.3 is 0 Å². The molecule has 0 bridgehead atoms. The van der Waals surface area contributed by atoms with Crippen LogP contribution in [0.15, 0.2) is 18.2 Å². The molecule has 1 saturated carbocycles. The van der Waals surface area contributed by atoms with E-state index in [9.17, 15) is 0 Å². The Balaban J connectivity index is 1.78. The molecule has 1 aromatic heterocycles. The third-order valence-electron chi connectivity index (χ3n) is 3.93. The molecule has 0 aromatic carbocycles. The Bertz CT molecular complexity index is 375. The van der Waals surface area contributed by atoms with Crippen molar-refractivity contribution >= 4 is 5.82 Å². The predicted octanol–water partition coefficient (Wildman–Crippen LogP) is 3.79. The molecule has 1 aliphatic rings. The second-order valence-electron chi connectivity index (χ2n) is 5.42. The lowest BCUT2D eigenvalue weighted by Crippen LogP contribution is -2.25. The number of nitrogens with zero attached hydrogens (tertiary/aromatic N) is 1. The van der Waals surface area contributed by atoms with Crippen molar-refractivity contribution in [3.05, 3.63) is 23.9 Å². The third kappa shape index (κ3) is 4.50. The van der Waals surface area contributed by atoms with Gasteiger partial charge in [-0.3, -0.25) is 0 Å². The van der Waals surface area contributed by atoms with Gasteiger partial charge in [0.15, 0.2) is 0 Å². The summed E-state index contributed by atoms with van der Waals surface area (Å²) in [5.74, 6) is 1.74. The molecular weight excluding hydrogens is 236 g/mol. The molecule has 19 heavy (non-hydrogen) atoms. The summed E-state index contributed by atoms with van der Waals surface area (Å²) in [6.45, 7) is 5.88. The fraction of sp³-hybridized carbons (Fsp3) is 0.688. The first-order chi connectivity index (χ1) is 9.29. The molecule has 1 N–H and O–H groups in total. The highest BCUT2D eigenvalue weighted by Crippen LogP contribution is 2.30. The van der Waals surface area contributed by atoms with Crippen LogP contribution in [0.25, 0.3) is 0 Å². The van der Waals surface area contributed by atoms with E-state index in [1.165, 1.54) is 25.7 Å². The number of hydrogen-bond donors (Lipinski definition) is 1. The van der Waals surface area contributed by atoms with Gasteiger partial charge < -0.3 is 10.1 Å². The Morgan fingerprint density at radius 1 is 1.37 bits per heavy atom. The summed E-state index contributed by atoms with van der Waals surface area (Å²) < 4.78 is 5.93. The maximum absolute atomic E-state index is 5.93. The van der Waals surface area contributed by atoms with Gasteiger partial charge in [0.1, 0.15) is 5.82 Å². The van der Waals surface area contributed by atoms with Gasteiger partial charge in [0.2, 0.25) is 0 Å². The second kappa shape index (κ2) is 7.49. The summed E-state index contributed by atoms with van der Waals surface area (Å²) in [6, 6.07) is 6.09. The summed E-state index contributed by atoms with van der Waals surface area (Å²) in [4.78, 5) is 4.46. The van der Waals surface area contributed by atoms with Gasteiger partial charge in [-0.15, -0.1) is 0 Å². The minimum atomic E-state index is 0.421. The lowest BCUT2D eigenvalue weighted by Gasteiger charge is -2.23. The Kier molecular flexibility index (Phi) is 5.64. The molecule has 1 unspecified atom stereocenters. The Labute approximate surface area is 116 Å². The normalized spacial score (nSPS) is 17.6. The van der Waals surface area contributed by atoms with Crippen LogP contribution in [0.1, 0.15) is 44.7 Å². The zero-order valence-electron chi connectivity index (χ0n) is 12.2. The fourth-order valence-electron chi connectivity index (χ4n) is 2.98. The minimum Gasteiger partial charge on any atom is -0.378 e. The highest BCUT2D eigenvalue weighted by molar-refractivity contribution is 5.34. The summed E-state index contributed by atoms with van der Waals surface area (Å²) in [6.07, 6.45) is 6.93. The summed E-state index contributed by atoms with van der Waals surface area (Å²) in [5.41, 5.74) is 1.06. The summed E-state index contributed by atoms with van der Waals surface area (Å²) >= 11 is 0. The van der Waals surface area contributed by atoms with E-state index in [1.54, 1.807) is 0 Å². The molecule has 0 amide bonds. The Morgan fingerprint density at radius 2 is 2.16 bits per heavy atom. The monoisotopic (exact) mass is 262 g/mol. The smallest absolute Gasteiger partial charge is 0.126 e. The van der Waals surface area contributed by atoms with Gasteiger partial charge in [-0.25, -0.2) is 4.98 Å². The van der Waals surface area contributed by atoms with Crippen LogP contribution in [-0.4, -0.2) is 24.2 Å². The molecule has 1 heterocycles. The van der Waals surface area contributed by atoms with Crippen molar-refractivity contribution in [2.45, 2.75) is 52.1 Å². The van der Waals surface area contributed by atoms with Crippen LogP contribution in [0.4, 0.5) is 5.82 Å². The lowest BCUT2D eigenvalue weighted by molar-refractivity contribution is 0.0183. The van der Waals surface area contributed by atoms with Gasteiger partial charge in [0.25, 0.3) is 0 Å². The predicted molar refractivity (Wildman–Crippen MR) is 79.5 cm³/mol. The van der Waals surface area contributed by atoms with E-state index in [1.807, 2.05) is 25.1 Å². The molecule has 3 heteroatoms. The van der Waals surface area contributed by atoms with E-state index < -0.39 is 0 Å². The molecule has 1 aromatic rings. The van der Waals surface area contributed by atoms with E-state index >= 15 is 0 Å². The number of anilines is 1. The Morgan fingerprint density at radius 3 is 2.84 bits per heavy atom. The maximum atomic E-state index is 5.93. The van der Waals surface area contributed by atoms with Crippen LogP contribution in [0.2, 0.25) is 0 Å². The zero-order chi connectivity index (χ0) is 13.5. The van der Waals surface area contributed by atoms with Crippen molar-refractivity contribution in [3.63, 3.8) is 0 Å². The van der Waals surface area contributed by atoms with Gasteiger partial charge in [0.05, 0.1) is 6.10 Å². The quantitative estimate of drug-likeness (QED) is 0.812. The number of pyridine rings is 1. The van der Waals surface area contributed by atoms with E-state index in [-0.39, 0.29) is 0 Å². The molecule has 106 valence electrons. The number of hydrogen-bond acceptors (Lipinski definition) is 3. The van der Waals surface area contributed by atoms with Crippen LogP contribution < -0.4 is 5.32 Å². The van der Waals surface area contributed by atoms with Crippen LogP contribution in [0.5, 0.6) is 0 Å². The van der Waals surface area contributed by atoms with Crippen molar-refractivity contribution in [1.29, 1.82) is 0 Å². The van der Waals surface area contributed by atoms with Gasteiger partial charge in [-0.2, -0.15) is 0 Å². The van der Waals surface area contributed by atoms with Gasteiger partial charge in [-0.05, 0) is 51.2 Å². The molecule has 2 rings (SSSR count). The van der Waals surface area contributed by atoms with Crippen LogP contribution in [-0.2, 0) is 4.74 Å². The topological polar surface area (TPSA) is 34.1 Å². The van der Waals surface area contributed by atoms with Crippen LogP contribution in [0.3, 0.4) is 0 Å². The lowest BCUT2D eigenvalue weighted by atomic mass is 9.98. The molecule has 0 aliphatic heterocycles. The van der Waals surface area contributed by atoms with Crippen molar-refractivity contribution in [2.75, 3.05) is 18.5 Å². The second-order valence-corrected chi connectivity index (χ2v) is 5.42. The molecule has 0 radical (unpaired) electrons. The highest BCUT2D eigenvalue weighted by atomic mass is 16.5. The molecule has 1 fully saturated rings. The first-order valence-corrected chi connectivity index (χ1v) is 7.58. The largest absolute Gasteiger partial charge is 0.378 e. The average molecular weight is 262 g/mol. The number of aryl methyl sites for hydroxylation is 1. The maximum Gasteiger partial charge on any atom is 0.126 e. The van der Waals surface area contributed by atoms with Gasteiger partial charge in [0, 0.05) is 18.8 Å². The SMILES string of the molecule is CCOC(CCNc1cccc(C)n1)C1CCCC1. The van der Waals surface area contributed by atoms with Crippen molar-refractivity contribution in [1.82, 2.24) is 4.98 Å². The standard InChI is InChI=1S/C16H26N2O/c1-3-19-15(14-8-4-5-9-14)11-12-17-16-10-6-7-13(2)18-16/h6-7,10,14-15H,3-5,8-9,11-12H2,1-2H3,(H,17,18). The van der Waals surface area contributed by atoms with Crippen molar-refractivity contribution < 1.29 is 4.74 Å². The average Bonchev–Trinajstić information content (AvgIpc) is 2.91. The van der Waals surface area contributed by atoms with E-state index in [0.717, 1.165) is 37.0 Å². The van der Waals surface area contributed by atoms with Crippen LogP contribution >= 0.6 is 0 Å². The van der Waals surface area contributed by atoms with Crippen LogP contribution in [0, 0.1) is 12.8 Å². The first kappa shape index (κ1) is 14.3. The number of nitrogens with one attached hydrogen (secondary N) is 1. The number of ether oxygens (including phenoxy) is 1. The Hall–Kier alpha value is -1.09. The highest BCUT2D eigenvalue weighted by Gasteiger charge is 2.24. The molecule has 1 aliphatic carbocycles. The molecule has 0 spiro atoms. The van der Waals surface area contributed by atoms with E-state index in [0.29, 0.717) is 6.10 Å². The van der Waals surface area contributed by atoms with Crippen molar-refractivity contribution in [3.8, 4) is 0 Å².